The fourth-order valence-corrected chi connectivity index (χ4v) is 4.15. The van der Waals surface area contributed by atoms with Gasteiger partial charge in [-0.2, -0.15) is 5.10 Å². The molecule has 2 N–H and O–H groups in total. The van der Waals surface area contributed by atoms with Crippen molar-refractivity contribution in [3.63, 3.8) is 0 Å². The topological polar surface area (TPSA) is 67.1 Å². The van der Waals surface area contributed by atoms with Gasteiger partial charge in [0.2, 0.25) is 0 Å². The van der Waals surface area contributed by atoms with Gasteiger partial charge in [-0.1, -0.05) is 37.3 Å². The van der Waals surface area contributed by atoms with E-state index in [0.29, 0.717) is 6.54 Å². The van der Waals surface area contributed by atoms with E-state index in [1.807, 2.05) is 12.3 Å². The Kier molecular flexibility index (Phi) is 8.02. The molecule has 0 aliphatic carbocycles. The molecule has 2 aromatic heterocycles. The summed E-state index contributed by atoms with van der Waals surface area (Å²) in [4.78, 5) is 10.6. The number of aromatic nitrogens is 3. The van der Waals surface area contributed by atoms with Crippen LogP contribution in [0.3, 0.4) is 0 Å². The standard InChI is InChI=1S/C23H32N6S/c1-5-20-14-26-22(30-20)12-13-25-23(24-6-2)27-15-21-17(3)28-29(18(21)4)16-19-10-8-7-9-11-19/h7-11,14H,5-6,12-13,15-16H2,1-4H3,(H2,24,25,27). The summed E-state index contributed by atoms with van der Waals surface area (Å²) >= 11 is 1.79. The molecular weight excluding hydrogens is 392 g/mol. The minimum Gasteiger partial charge on any atom is -0.357 e. The van der Waals surface area contributed by atoms with Crippen LogP contribution < -0.4 is 10.6 Å². The zero-order chi connectivity index (χ0) is 21.3. The smallest absolute Gasteiger partial charge is 0.191 e. The second-order valence-corrected chi connectivity index (χ2v) is 8.44. The van der Waals surface area contributed by atoms with Gasteiger partial charge in [0.25, 0.3) is 0 Å². The number of nitrogens with zero attached hydrogens (tertiary/aromatic N) is 4. The van der Waals surface area contributed by atoms with Crippen molar-refractivity contribution in [1.82, 2.24) is 25.4 Å². The predicted molar refractivity (Wildman–Crippen MR) is 125 cm³/mol. The highest BCUT2D eigenvalue weighted by Gasteiger charge is 2.12. The first-order valence-corrected chi connectivity index (χ1v) is 11.4. The number of thiazole rings is 1. The highest BCUT2D eigenvalue weighted by atomic mass is 32.1. The molecule has 6 nitrogen and oxygen atoms in total. The molecular formula is C23H32N6S. The van der Waals surface area contributed by atoms with Crippen LogP contribution >= 0.6 is 11.3 Å². The van der Waals surface area contributed by atoms with E-state index in [4.69, 9.17) is 10.1 Å². The maximum absolute atomic E-state index is 4.80. The second kappa shape index (κ2) is 10.9. The van der Waals surface area contributed by atoms with Crippen LogP contribution in [0.5, 0.6) is 0 Å². The summed E-state index contributed by atoms with van der Waals surface area (Å²) < 4.78 is 2.07. The van der Waals surface area contributed by atoms with Crippen molar-refractivity contribution in [2.24, 2.45) is 4.99 Å². The van der Waals surface area contributed by atoms with Crippen LogP contribution in [0.15, 0.2) is 41.5 Å². The average molecular weight is 425 g/mol. The molecule has 0 aliphatic heterocycles. The molecule has 0 atom stereocenters. The van der Waals surface area contributed by atoms with E-state index in [1.54, 1.807) is 11.3 Å². The van der Waals surface area contributed by atoms with Crippen molar-refractivity contribution in [3.8, 4) is 0 Å². The molecule has 160 valence electrons. The van der Waals surface area contributed by atoms with Crippen molar-refractivity contribution in [2.75, 3.05) is 13.1 Å². The average Bonchev–Trinajstić information content (AvgIpc) is 3.31. The van der Waals surface area contributed by atoms with Gasteiger partial charge in [0.15, 0.2) is 5.96 Å². The number of guanidine groups is 1. The van der Waals surface area contributed by atoms with Gasteiger partial charge >= 0.3 is 0 Å². The van der Waals surface area contributed by atoms with E-state index in [9.17, 15) is 0 Å². The Balaban J connectivity index is 1.62. The summed E-state index contributed by atoms with van der Waals surface area (Å²) in [6.45, 7) is 11.5. The van der Waals surface area contributed by atoms with Gasteiger partial charge in [0.1, 0.15) is 0 Å². The Labute approximate surface area is 183 Å². The molecule has 1 aromatic carbocycles. The van der Waals surface area contributed by atoms with Crippen LogP contribution in [0.4, 0.5) is 0 Å². The van der Waals surface area contributed by atoms with Gasteiger partial charge in [-0.3, -0.25) is 4.68 Å². The lowest BCUT2D eigenvalue weighted by Crippen LogP contribution is -2.38. The third kappa shape index (κ3) is 5.92. The normalized spacial score (nSPS) is 11.7. The van der Waals surface area contributed by atoms with Crippen LogP contribution in [0.2, 0.25) is 0 Å². The zero-order valence-electron chi connectivity index (χ0n) is 18.4. The molecule has 3 rings (SSSR count). The Hall–Kier alpha value is -2.67. The summed E-state index contributed by atoms with van der Waals surface area (Å²) in [5.74, 6) is 0.833. The van der Waals surface area contributed by atoms with Gasteiger partial charge in [0.05, 0.1) is 23.8 Å². The van der Waals surface area contributed by atoms with Crippen LogP contribution in [-0.2, 0) is 25.9 Å². The summed E-state index contributed by atoms with van der Waals surface area (Å²) in [5, 5.41) is 12.7. The number of hydrogen-bond donors (Lipinski definition) is 2. The SMILES string of the molecule is CCNC(=NCc1c(C)nn(Cc2ccccc2)c1C)NCCc1ncc(CC)s1. The summed E-state index contributed by atoms with van der Waals surface area (Å²) in [6.07, 6.45) is 3.94. The van der Waals surface area contributed by atoms with Crippen LogP contribution in [0.1, 0.15) is 46.2 Å². The van der Waals surface area contributed by atoms with Crippen molar-refractivity contribution in [1.29, 1.82) is 0 Å². The van der Waals surface area contributed by atoms with Gasteiger partial charge in [0, 0.05) is 41.8 Å². The molecule has 0 saturated heterocycles. The molecule has 0 saturated carbocycles. The maximum Gasteiger partial charge on any atom is 0.191 e. The molecule has 0 fully saturated rings. The molecule has 0 spiro atoms. The van der Waals surface area contributed by atoms with Crippen LogP contribution in [-0.4, -0.2) is 33.8 Å². The minimum absolute atomic E-state index is 0.610. The number of benzene rings is 1. The quantitative estimate of drug-likeness (QED) is 0.404. The summed E-state index contributed by atoms with van der Waals surface area (Å²) in [5.41, 5.74) is 4.65. The van der Waals surface area contributed by atoms with Gasteiger partial charge in [-0.25, -0.2) is 9.98 Å². The zero-order valence-corrected chi connectivity index (χ0v) is 19.2. The van der Waals surface area contributed by atoms with E-state index < -0.39 is 0 Å². The molecule has 0 unspecified atom stereocenters. The third-order valence-electron chi connectivity index (χ3n) is 5.03. The molecule has 0 amide bonds. The summed E-state index contributed by atoms with van der Waals surface area (Å²) in [6, 6.07) is 10.4. The van der Waals surface area contributed by atoms with Crippen molar-refractivity contribution in [2.45, 2.75) is 53.6 Å². The predicted octanol–water partition coefficient (Wildman–Crippen LogP) is 3.86. The molecule has 2 heterocycles. The second-order valence-electron chi connectivity index (χ2n) is 7.24. The van der Waals surface area contributed by atoms with E-state index >= 15 is 0 Å². The molecule has 0 aliphatic rings. The first-order valence-electron chi connectivity index (χ1n) is 10.6. The maximum atomic E-state index is 4.80. The summed E-state index contributed by atoms with van der Waals surface area (Å²) in [7, 11) is 0. The van der Waals surface area contributed by atoms with Crippen LogP contribution in [0.25, 0.3) is 0 Å². The lowest BCUT2D eigenvalue weighted by atomic mass is 10.2. The Bertz CT molecular complexity index is 957. The Morgan fingerprint density at radius 3 is 2.63 bits per heavy atom. The van der Waals surface area contributed by atoms with E-state index in [1.165, 1.54) is 26.7 Å². The van der Waals surface area contributed by atoms with Crippen LogP contribution in [0, 0.1) is 13.8 Å². The Morgan fingerprint density at radius 2 is 1.93 bits per heavy atom. The highest BCUT2D eigenvalue weighted by molar-refractivity contribution is 7.11. The highest BCUT2D eigenvalue weighted by Crippen LogP contribution is 2.16. The molecule has 0 bridgehead atoms. The fraction of sp³-hybridized carbons (Fsp3) is 0.435. The van der Waals surface area contributed by atoms with Gasteiger partial charge < -0.3 is 10.6 Å². The number of aliphatic imine (C=N–C) groups is 1. The Morgan fingerprint density at radius 1 is 1.13 bits per heavy atom. The van der Waals surface area contributed by atoms with Gasteiger partial charge in [-0.05, 0) is 32.8 Å². The monoisotopic (exact) mass is 424 g/mol. The number of nitrogens with one attached hydrogen (secondary N) is 2. The first-order chi connectivity index (χ1) is 14.6. The van der Waals surface area contributed by atoms with E-state index in [-0.39, 0.29) is 0 Å². The lowest BCUT2D eigenvalue weighted by Gasteiger charge is -2.11. The number of aryl methyl sites for hydroxylation is 2. The van der Waals surface area contributed by atoms with Crippen molar-refractivity contribution in [3.05, 3.63) is 68.9 Å². The van der Waals surface area contributed by atoms with E-state index in [0.717, 1.165) is 44.1 Å². The largest absolute Gasteiger partial charge is 0.357 e. The minimum atomic E-state index is 0.610. The van der Waals surface area contributed by atoms with E-state index in [2.05, 4.69) is 72.3 Å². The first kappa shape index (κ1) is 22.0. The third-order valence-corrected chi connectivity index (χ3v) is 6.23. The fourth-order valence-electron chi connectivity index (χ4n) is 3.29. The molecule has 3 aromatic rings. The molecule has 30 heavy (non-hydrogen) atoms. The van der Waals surface area contributed by atoms with Crippen molar-refractivity contribution < 1.29 is 0 Å². The van der Waals surface area contributed by atoms with Gasteiger partial charge in [-0.15, -0.1) is 11.3 Å². The molecule has 0 radical (unpaired) electrons. The number of rotatable bonds is 9. The number of hydrogen-bond acceptors (Lipinski definition) is 4. The molecule has 7 heteroatoms. The lowest BCUT2D eigenvalue weighted by molar-refractivity contribution is 0.658. The van der Waals surface area contributed by atoms with Crippen molar-refractivity contribution >= 4 is 17.3 Å².